The molecular formula is C15H17F4N3O. The minimum atomic E-state index is -4.85. The Hall–Kier alpha value is -1.93. The number of alkyl halides is 3. The van der Waals surface area contributed by atoms with Crippen molar-refractivity contribution in [1.82, 2.24) is 14.9 Å². The lowest BCUT2D eigenvalue weighted by molar-refractivity contribution is -0.272. The van der Waals surface area contributed by atoms with E-state index in [1.807, 2.05) is 0 Å². The highest BCUT2D eigenvalue weighted by Gasteiger charge is 2.56. The third-order valence-corrected chi connectivity index (χ3v) is 3.54. The van der Waals surface area contributed by atoms with Crippen molar-refractivity contribution in [2.45, 2.75) is 24.7 Å². The molecule has 0 amide bonds. The molecule has 0 saturated carbocycles. The van der Waals surface area contributed by atoms with Crippen molar-refractivity contribution in [3.63, 3.8) is 0 Å². The van der Waals surface area contributed by atoms with Crippen LogP contribution >= 0.6 is 0 Å². The zero-order valence-electron chi connectivity index (χ0n) is 12.4. The van der Waals surface area contributed by atoms with Crippen LogP contribution in [0.3, 0.4) is 0 Å². The first-order chi connectivity index (χ1) is 10.7. The van der Waals surface area contributed by atoms with E-state index in [0.29, 0.717) is 5.56 Å². The number of nitrogens with one attached hydrogen (secondary N) is 1. The van der Waals surface area contributed by atoms with Gasteiger partial charge in [-0.3, -0.25) is 0 Å². The fourth-order valence-corrected chi connectivity index (χ4v) is 2.29. The molecule has 23 heavy (non-hydrogen) atoms. The van der Waals surface area contributed by atoms with Crippen molar-refractivity contribution < 1.29 is 22.7 Å². The van der Waals surface area contributed by atoms with Crippen molar-refractivity contribution in [2.24, 2.45) is 7.05 Å². The van der Waals surface area contributed by atoms with Gasteiger partial charge in [-0.1, -0.05) is 12.1 Å². The number of hydrogen-bond donors (Lipinski definition) is 2. The Morgan fingerprint density at radius 2 is 2.04 bits per heavy atom. The standard InChI is InChI=1S/C15H17F4N3O/c1-22-8-7-21-13(22)14(23,15(17,18)19)5-6-20-10-11-3-2-4-12(16)9-11/h2-4,7-9,20,23H,5-6,10H2,1H3. The zero-order chi connectivity index (χ0) is 17.1. The van der Waals surface area contributed by atoms with Crippen molar-refractivity contribution in [3.8, 4) is 0 Å². The van der Waals surface area contributed by atoms with Crippen molar-refractivity contribution in [2.75, 3.05) is 6.54 Å². The van der Waals surface area contributed by atoms with E-state index in [2.05, 4.69) is 10.3 Å². The highest BCUT2D eigenvalue weighted by Crippen LogP contribution is 2.40. The third kappa shape index (κ3) is 3.89. The largest absolute Gasteiger partial charge is 0.424 e. The summed E-state index contributed by atoms with van der Waals surface area (Å²) in [7, 11) is 1.39. The molecule has 0 bridgehead atoms. The summed E-state index contributed by atoms with van der Waals surface area (Å²) in [6, 6.07) is 5.76. The summed E-state index contributed by atoms with van der Waals surface area (Å²) in [4.78, 5) is 3.62. The highest BCUT2D eigenvalue weighted by atomic mass is 19.4. The van der Waals surface area contributed by atoms with Crippen molar-refractivity contribution in [3.05, 3.63) is 53.9 Å². The summed E-state index contributed by atoms with van der Waals surface area (Å²) in [6.45, 7) is 0.0889. The SMILES string of the molecule is Cn1ccnc1C(O)(CCNCc1cccc(F)c1)C(F)(F)F. The Morgan fingerprint density at radius 1 is 1.30 bits per heavy atom. The van der Waals surface area contributed by atoms with Crippen molar-refractivity contribution >= 4 is 0 Å². The molecule has 0 saturated heterocycles. The van der Waals surface area contributed by atoms with Crippen LogP contribution in [0.4, 0.5) is 17.6 Å². The van der Waals surface area contributed by atoms with E-state index in [9.17, 15) is 22.7 Å². The lowest BCUT2D eigenvalue weighted by Gasteiger charge is -2.30. The predicted molar refractivity (Wildman–Crippen MR) is 75.9 cm³/mol. The van der Waals surface area contributed by atoms with Crippen LogP contribution in [0.5, 0.6) is 0 Å². The second-order valence-electron chi connectivity index (χ2n) is 5.28. The fourth-order valence-electron chi connectivity index (χ4n) is 2.29. The predicted octanol–water partition coefficient (Wildman–Crippen LogP) is 2.49. The van der Waals surface area contributed by atoms with Crippen LogP contribution in [-0.2, 0) is 19.2 Å². The summed E-state index contributed by atoms with van der Waals surface area (Å²) in [5, 5.41) is 12.9. The van der Waals surface area contributed by atoms with Gasteiger partial charge in [0, 0.05) is 32.4 Å². The van der Waals surface area contributed by atoms with Gasteiger partial charge >= 0.3 is 6.18 Å². The monoisotopic (exact) mass is 331 g/mol. The average molecular weight is 331 g/mol. The van der Waals surface area contributed by atoms with Gasteiger partial charge in [-0.25, -0.2) is 9.37 Å². The third-order valence-electron chi connectivity index (χ3n) is 3.54. The van der Waals surface area contributed by atoms with Crippen LogP contribution in [-0.4, -0.2) is 27.4 Å². The molecule has 1 aromatic carbocycles. The molecule has 1 aromatic heterocycles. The number of aliphatic hydroxyl groups is 1. The summed E-state index contributed by atoms with van der Waals surface area (Å²) >= 11 is 0. The summed E-state index contributed by atoms with van der Waals surface area (Å²) in [5.41, 5.74) is -2.43. The number of rotatable bonds is 6. The lowest BCUT2D eigenvalue weighted by Crippen LogP contribution is -2.46. The Morgan fingerprint density at radius 3 is 2.61 bits per heavy atom. The smallest absolute Gasteiger partial charge is 0.374 e. The molecule has 0 aliphatic rings. The summed E-state index contributed by atoms with van der Waals surface area (Å²) in [5.74, 6) is -0.873. The minimum Gasteiger partial charge on any atom is -0.374 e. The second kappa shape index (κ2) is 6.67. The molecule has 126 valence electrons. The molecule has 0 spiro atoms. The maximum Gasteiger partial charge on any atom is 0.424 e. The molecule has 2 aromatic rings. The number of halogens is 4. The van der Waals surface area contributed by atoms with Crippen LogP contribution in [0, 0.1) is 5.82 Å². The number of benzene rings is 1. The second-order valence-corrected chi connectivity index (χ2v) is 5.28. The molecule has 1 heterocycles. The lowest BCUT2D eigenvalue weighted by atomic mass is 9.97. The van der Waals surface area contributed by atoms with Crippen molar-refractivity contribution in [1.29, 1.82) is 0 Å². The topological polar surface area (TPSA) is 50.1 Å². The van der Waals surface area contributed by atoms with Gasteiger partial charge in [0.05, 0.1) is 0 Å². The van der Waals surface area contributed by atoms with Gasteiger partial charge in [0.1, 0.15) is 11.6 Å². The van der Waals surface area contributed by atoms with Gasteiger partial charge in [-0.15, -0.1) is 0 Å². The number of nitrogens with zero attached hydrogens (tertiary/aromatic N) is 2. The molecule has 0 aliphatic carbocycles. The zero-order valence-corrected chi connectivity index (χ0v) is 12.4. The van der Waals surface area contributed by atoms with E-state index in [0.717, 1.165) is 4.57 Å². The van der Waals surface area contributed by atoms with E-state index in [-0.39, 0.29) is 13.1 Å². The van der Waals surface area contributed by atoms with Gasteiger partial charge in [0.25, 0.3) is 0 Å². The minimum absolute atomic E-state index is 0.112. The van der Waals surface area contributed by atoms with E-state index >= 15 is 0 Å². The Labute approximate surface area is 130 Å². The molecule has 0 aliphatic heterocycles. The Bertz CT molecular complexity index is 656. The van der Waals surface area contributed by atoms with Gasteiger partial charge in [0.2, 0.25) is 5.60 Å². The molecule has 4 nitrogen and oxygen atoms in total. The molecule has 1 unspecified atom stereocenters. The maximum absolute atomic E-state index is 13.3. The molecule has 2 rings (SSSR count). The summed E-state index contributed by atoms with van der Waals surface area (Å²) in [6.07, 6.45) is -2.91. The van der Waals surface area contributed by atoms with Gasteiger partial charge in [-0.2, -0.15) is 13.2 Å². The van der Waals surface area contributed by atoms with Crippen LogP contribution < -0.4 is 5.32 Å². The molecule has 0 fully saturated rings. The van der Waals surface area contributed by atoms with Crippen LogP contribution in [0.2, 0.25) is 0 Å². The number of imidazole rings is 1. The maximum atomic E-state index is 13.3. The number of hydrogen-bond acceptors (Lipinski definition) is 3. The first kappa shape index (κ1) is 17.4. The Balaban J connectivity index is 2.01. The Kier molecular flexibility index (Phi) is 5.06. The van der Waals surface area contributed by atoms with Gasteiger partial charge < -0.3 is 15.0 Å². The quantitative estimate of drug-likeness (QED) is 0.632. The van der Waals surface area contributed by atoms with Gasteiger partial charge in [0.15, 0.2) is 0 Å². The number of aromatic nitrogens is 2. The molecular weight excluding hydrogens is 314 g/mol. The normalized spacial score (nSPS) is 14.7. The van der Waals surface area contributed by atoms with E-state index in [1.165, 1.54) is 37.6 Å². The fraction of sp³-hybridized carbons (Fsp3) is 0.400. The number of aryl methyl sites for hydroxylation is 1. The van der Waals surface area contributed by atoms with E-state index in [4.69, 9.17) is 0 Å². The molecule has 2 N–H and O–H groups in total. The van der Waals surface area contributed by atoms with Crippen LogP contribution in [0.1, 0.15) is 17.8 Å². The highest BCUT2D eigenvalue weighted by molar-refractivity contribution is 5.16. The molecule has 8 heteroatoms. The van der Waals surface area contributed by atoms with E-state index < -0.39 is 29.8 Å². The summed E-state index contributed by atoms with van der Waals surface area (Å²) < 4.78 is 54.0. The first-order valence-corrected chi connectivity index (χ1v) is 6.96. The average Bonchev–Trinajstić information content (AvgIpc) is 2.89. The van der Waals surface area contributed by atoms with E-state index in [1.54, 1.807) is 6.07 Å². The van der Waals surface area contributed by atoms with Crippen LogP contribution in [0.25, 0.3) is 0 Å². The first-order valence-electron chi connectivity index (χ1n) is 6.96. The van der Waals surface area contributed by atoms with Gasteiger partial charge in [-0.05, 0) is 24.2 Å². The molecule has 0 radical (unpaired) electrons. The van der Waals surface area contributed by atoms with Crippen LogP contribution in [0.15, 0.2) is 36.7 Å². The molecule has 1 atom stereocenters.